The molecule has 6 nitrogen and oxygen atoms in total. The molecule has 0 amide bonds. The highest BCUT2D eigenvalue weighted by atomic mass is 16.1. The average Bonchev–Trinajstić information content (AvgIpc) is 3.15. The van der Waals surface area contributed by atoms with Gasteiger partial charge in [-0.2, -0.15) is 0 Å². The number of unbranched alkanes of at least 4 members (excludes halogenated alkanes) is 5. The van der Waals surface area contributed by atoms with Crippen molar-refractivity contribution in [1.82, 2.24) is 24.1 Å². The molecular weight excluding hydrogens is 434 g/mol. The van der Waals surface area contributed by atoms with E-state index in [0.29, 0.717) is 28.9 Å². The molecule has 0 saturated heterocycles. The summed E-state index contributed by atoms with van der Waals surface area (Å²) >= 11 is 0. The van der Waals surface area contributed by atoms with E-state index in [4.69, 9.17) is 15.0 Å². The first-order valence-electron chi connectivity index (χ1n) is 12.8. The number of nitrogens with zero attached hydrogens (tertiary/aromatic N) is 5. The second kappa shape index (κ2) is 9.98. The van der Waals surface area contributed by atoms with Crippen LogP contribution in [0, 0.1) is 13.8 Å². The van der Waals surface area contributed by atoms with Crippen LogP contribution < -0.4 is 5.56 Å². The van der Waals surface area contributed by atoms with Crippen LogP contribution in [0.5, 0.6) is 0 Å². The third kappa shape index (κ3) is 4.57. The van der Waals surface area contributed by atoms with Crippen LogP contribution in [0.2, 0.25) is 0 Å². The Kier molecular flexibility index (Phi) is 6.62. The molecule has 3 aromatic heterocycles. The summed E-state index contributed by atoms with van der Waals surface area (Å²) in [6.45, 7) is 7.49. The summed E-state index contributed by atoms with van der Waals surface area (Å²) in [5, 5.41) is 0.571. The lowest BCUT2D eigenvalue weighted by atomic mass is 10.1. The molecule has 0 spiro atoms. The second-order valence-corrected chi connectivity index (χ2v) is 9.54. The number of fused-ring (bicyclic) bond motifs is 4. The lowest BCUT2D eigenvalue weighted by Gasteiger charge is -2.11. The molecule has 0 saturated carbocycles. The summed E-state index contributed by atoms with van der Waals surface area (Å²) < 4.78 is 3.88. The van der Waals surface area contributed by atoms with Crippen molar-refractivity contribution >= 4 is 33.2 Å². The van der Waals surface area contributed by atoms with Gasteiger partial charge in [-0.05, 0) is 38.0 Å². The minimum absolute atomic E-state index is 0.0515. The maximum Gasteiger partial charge on any atom is 0.265 e. The molecule has 0 atom stereocenters. The number of para-hydroxylation sites is 2. The van der Waals surface area contributed by atoms with E-state index < -0.39 is 0 Å². The van der Waals surface area contributed by atoms with Gasteiger partial charge in [0.2, 0.25) is 0 Å². The molecular formula is C29H33N5O. The number of aromatic nitrogens is 5. The zero-order valence-corrected chi connectivity index (χ0v) is 20.9. The normalized spacial score (nSPS) is 11.7. The molecule has 0 fully saturated rings. The van der Waals surface area contributed by atoms with Crippen molar-refractivity contribution in [2.45, 2.75) is 72.4 Å². The first kappa shape index (κ1) is 23.2. The average molecular weight is 468 g/mol. The highest BCUT2D eigenvalue weighted by Gasteiger charge is 2.21. The van der Waals surface area contributed by atoms with Crippen molar-refractivity contribution in [3.63, 3.8) is 0 Å². The van der Waals surface area contributed by atoms with Gasteiger partial charge in [0.05, 0.1) is 17.6 Å². The van der Waals surface area contributed by atoms with Crippen molar-refractivity contribution in [1.29, 1.82) is 0 Å². The summed E-state index contributed by atoms with van der Waals surface area (Å²) in [4.78, 5) is 28.7. The minimum atomic E-state index is -0.0515. The molecule has 0 bridgehead atoms. The molecule has 0 aliphatic carbocycles. The largest absolute Gasteiger partial charge is 0.308 e. The highest BCUT2D eigenvalue weighted by Crippen LogP contribution is 2.26. The van der Waals surface area contributed by atoms with Crippen LogP contribution in [0.15, 0.2) is 53.3 Å². The molecule has 6 heteroatoms. The number of hydrogen-bond donors (Lipinski definition) is 0. The molecule has 0 aliphatic heterocycles. The molecule has 0 unspecified atom stereocenters. The molecule has 0 aliphatic rings. The summed E-state index contributed by atoms with van der Waals surface area (Å²) in [5.41, 5.74) is 5.97. The van der Waals surface area contributed by atoms with Gasteiger partial charge in [0, 0.05) is 6.54 Å². The van der Waals surface area contributed by atoms with E-state index in [9.17, 15) is 4.79 Å². The number of aryl methyl sites for hydroxylation is 3. The molecule has 180 valence electrons. The summed E-state index contributed by atoms with van der Waals surface area (Å²) in [7, 11) is 0. The van der Waals surface area contributed by atoms with Crippen molar-refractivity contribution < 1.29 is 0 Å². The predicted octanol–water partition coefficient (Wildman–Crippen LogP) is 6.32. The van der Waals surface area contributed by atoms with Gasteiger partial charge in [-0.15, -0.1) is 0 Å². The van der Waals surface area contributed by atoms with E-state index >= 15 is 0 Å². The quantitative estimate of drug-likeness (QED) is 0.238. The fraction of sp³-hybridized carbons (Fsp3) is 0.379. The van der Waals surface area contributed by atoms with Crippen LogP contribution in [0.3, 0.4) is 0 Å². The highest BCUT2D eigenvalue weighted by molar-refractivity contribution is 6.04. The third-order valence-corrected chi connectivity index (χ3v) is 6.84. The lowest BCUT2D eigenvalue weighted by Crippen LogP contribution is -2.24. The molecule has 5 aromatic rings. The Balaban J connectivity index is 1.63. The topological polar surface area (TPSA) is 65.6 Å². The molecule has 0 N–H and O–H groups in total. The number of rotatable bonds is 9. The van der Waals surface area contributed by atoms with Gasteiger partial charge in [0.15, 0.2) is 11.3 Å². The SMILES string of the molecule is CCCCCCCCn1c2nc3ccccc3nc2c2c(=O)n(Cc3ccc(C)cc3)c(C)nc21. The molecule has 5 rings (SSSR count). The zero-order chi connectivity index (χ0) is 24.4. The van der Waals surface area contributed by atoms with Crippen molar-refractivity contribution in [2.75, 3.05) is 0 Å². The van der Waals surface area contributed by atoms with Crippen LogP contribution in [0.25, 0.3) is 33.2 Å². The first-order chi connectivity index (χ1) is 17.1. The van der Waals surface area contributed by atoms with E-state index in [-0.39, 0.29) is 5.56 Å². The van der Waals surface area contributed by atoms with Crippen molar-refractivity contribution in [3.05, 3.63) is 75.8 Å². The van der Waals surface area contributed by atoms with Gasteiger partial charge in [-0.3, -0.25) is 9.36 Å². The van der Waals surface area contributed by atoms with E-state index in [1.165, 1.54) is 31.2 Å². The lowest BCUT2D eigenvalue weighted by molar-refractivity contribution is 0.567. The van der Waals surface area contributed by atoms with Gasteiger partial charge in [-0.25, -0.2) is 15.0 Å². The Morgan fingerprint density at radius 2 is 1.43 bits per heavy atom. The van der Waals surface area contributed by atoms with E-state index in [2.05, 4.69) is 42.7 Å². The molecule has 35 heavy (non-hydrogen) atoms. The van der Waals surface area contributed by atoms with Gasteiger partial charge >= 0.3 is 0 Å². The Bertz CT molecular complexity index is 1550. The van der Waals surface area contributed by atoms with Crippen LogP contribution in [-0.2, 0) is 13.1 Å². The standard InChI is InChI=1S/C29H33N5O/c1-4-5-6-7-8-11-18-33-27-25(26-28(33)32-24-13-10-9-12-23(24)31-26)29(35)34(21(3)30-27)19-22-16-14-20(2)15-17-22/h9-10,12-17H,4-8,11,18-19H2,1-3H3. The van der Waals surface area contributed by atoms with Gasteiger partial charge < -0.3 is 4.57 Å². The molecule has 3 heterocycles. The van der Waals surface area contributed by atoms with Crippen molar-refractivity contribution in [2.24, 2.45) is 0 Å². The number of benzene rings is 2. The van der Waals surface area contributed by atoms with Crippen LogP contribution >= 0.6 is 0 Å². The number of hydrogen-bond acceptors (Lipinski definition) is 4. The first-order valence-corrected chi connectivity index (χ1v) is 12.8. The Hall–Kier alpha value is -3.54. The zero-order valence-electron chi connectivity index (χ0n) is 20.9. The van der Waals surface area contributed by atoms with E-state index in [1.807, 2.05) is 31.2 Å². The predicted molar refractivity (Wildman–Crippen MR) is 143 cm³/mol. The fourth-order valence-electron chi connectivity index (χ4n) is 4.82. The van der Waals surface area contributed by atoms with E-state index in [0.717, 1.165) is 41.6 Å². The van der Waals surface area contributed by atoms with Gasteiger partial charge in [-0.1, -0.05) is 81.0 Å². The van der Waals surface area contributed by atoms with Crippen LogP contribution in [0.1, 0.15) is 62.4 Å². The summed E-state index contributed by atoms with van der Waals surface area (Å²) in [5.74, 6) is 0.708. The fourth-order valence-corrected chi connectivity index (χ4v) is 4.82. The monoisotopic (exact) mass is 467 g/mol. The maximum atomic E-state index is 13.9. The third-order valence-electron chi connectivity index (χ3n) is 6.84. The Morgan fingerprint density at radius 3 is 2.17 bits per heavy atom. The minimum Gasteiger partial charge on any atom is -0.308 e. The summed E-state index contributed by atoms with van der Waals surface area (Å²) in [6.07, 6.45) is 7.22. The smallest absolute Gasteiger partial charge is 0.265 e. The van der Waals surface area contributed by atoms with Crippen molar-refractivity contribution in [3.8, 4) is 0 Å². The van der Waals surface area contributed by atoms with E-state index in [1.54, 1.807) is 4.57 Å². The van der Waals surface area contributed by atoms with Crippen LogP contribution in [-0.4, -0.2) is 24.1 Å². The van der Waals surface area contributed by atoms with Crippen LogP contribution in [0.4, 0.5) is 0 Å². The molecule has 2 aromatic carbocycles. The Labute approximate surface area is 205 Å². The second-order valence-electron chi connectivity index (χ2n) is 9.54. The van der Waals surface area contributed by atoms with Gasteiger partial charge in [0.25, 0.3) is 5.56 Å². The van der Waals surface area contributed by atoms with Gasteiger partial charge in [0.1, 0.15) is 16.7 Å². The molecule has 0 radical (unpaired) electrons. The maximum absolute atomic E-state index is 13.9. The Morgan fingerprint density at radius 1 is 0.743 bits per heavy atom. The summed E-state index contributed by atoms with van der Waals surface area (Å²) in [6, 6.07) is 16.1.